The molecule has 2 bridgehead atoms. The molecule has 1 aromatic heterocycles. The van der Waals surface area contributed by atoms with E-state index in [2.05, 4.69) is 28.5 Å². The Morgan fingerprint density at radius 3 is 2.82 bits per heavy atom. The van der Waals surface area contributed by atoms with Gasteiger partial charge in [-0.25, -0.2) is 4.79 Å². The van der Waals surface area contributed by atoms with Crippen molar-refractivity contribution in [3.8, 4) is 0 Å². The molecule has 1 aromatic carbocycles. The quantitative estimate of drug-likeness (QED) is 0.809. The third-order valence-electron chi connectivity index (χ3n) is 5.51. The van der Waals surface area contributed by atoms with Gasteiger partial charge in [-0.1, -0.05) is 0 Å². The summed E-state index contributed by atoms with van der Waals surface area (Å²) in [5.74, 6) is 0.524. The Morgan fingerprint density at radius 1 is 1.18 bits per heavy atom. The first-order valence-corrected chi connectivity index (χ1v) is 8.82. The van der Waals surface area contributed by atoms with Crippen molar-refractivity contribution in [3.05, 3.63) is 29.6 Å². The summed E-state index contributed by atoms with van der Waals surface area (Å²) in [6.07, 6.45) is 2.14. The monoisotopic (exact) mass is 314 g/mol. The number of anilines is 1. The highest BCUT2D eigenvalue weighted by Gasteiger charge is 2.55. The molecule has 4 fully saturated rings. The van der Waals surface area contributed by atoms with E-state index in [1.165, 1.54) is 10.1 Å². The number of hydrogen-bond donors (Lipinski definition) is 0. The van der Waals surface area contributed by atoms with Crippen LogP contribution in [-0.2, 0) is 4.74 Å². The summed E-state index contributed by atoms with van der Waals surface area (Å²) in [4.78, 5) is 16.8. The average molecular weight is 314 g/mol. The number of rotatable bonds is 1. The molecule has 4 aliphatic heterocycles. The van der Waals surface area contributed by atoms with Gasteiger partial charge in [0, 0.05) is 22.8 Å². The number of ether oxygens (including phenoxy) is 1. The molecular weight excluding hydrogens is 296 g/mol. The largest absolute Gasteiger partial charge is 0.439 e. The Bertz CT molecular complexity index is 750. The number of carbonyl (C=O) groups excluding carboxylic acids is 1. The van der Waals surface area contributed by atoms with Gasteiger partial charge in [0.05, 0.1) is 6.54 Å². The zero-order valence-electron chi connectivity index (χ0n) is 12.3. The molecule has 1 spiro atoms. The van der Waals surface area contributed by atoms with Gasteiger partial charge in [-0.2, -0.15) is 0 Å². The van der Waals surface area contributed by atoms with Crippen molar-refractivity contribution < 1.29 is 9.53 Å². The number of hydrogen-bond acceptors (Lipinski definition) is 4. The van der Waals surface area contributed by atoms with E-state index < -0.39 is 0 Å². The van der Waals surface area contributed by atoms with E-state index in [0.29, 0.717) is 12.5 Å². The number of benzene rings is 1. The van der Waals surface area contributed by atoms with Crippen molar-refractivity contribution in [3.63, 3.8) is 0 Å². The number of carbonyl (C=O) groups is 1. The van der Waals surface area contributed by atoms with Crippen molar-refractivity contribution >= 4 is 33.2 Å². The smallest absolute Gasteiger partial charge is 0.415 e. The molecule has 1 atom stereocenters. The lowest BCUT2D eigenvalue weighted by atomic mass is 9.75. The van der Waals surface area contributed by atoms with Crippen LogP contribution in [0.15, 0.2) is 29.6 Å². The van der Waals surface area contributed by atoms with Crippen LogP contribution in [0, 0.1) is 5.92 Å². The standard InChI is InChI=1S/C17H18N2O2S/c20-16-19(14-1-2-15-12(9-14)5-8-22-15)11-17(21-16)10-18-6-3-13(17)4-7-18/h1-2,5,8-9,13H,3-4,6-7,10-11H2/t17-/m1/s1. The van der Waals surface area contributed by atoms with Crippen LogP contribution in [0.5, 0.6) is 0 Å². The second-order valence-corrected chi connectivity index (χ2v) is 7.66. The minimum atomic E-state index is -0.281. The zero-order valence-corrected chi connectivity index (χ0v) is 13.1. The predicted molar refractivity (Wildman–Crippen MR) is 87.5 cm³/mol. The SMILES string of the molecule is O=C1O[C@]2(CN3CCC2CC3)CN1c1ccc2sccc2c1. The van der Waals surface area contributed by atoms with Crippen LogP contribution in [0.25, 0.3) is 10.1 Å². The van der Waals surface area contributed by atoms with Gasteiger partial charge in [-0.05, 0) is 61.0 Å². The van der Waals surface area contributed by atoms with Gasteiger partial charge >= 0.3 is 6.09 Å². The maximum Gasteiger partial charge on any atom is 0.415 e. The molecule has 0 N–H and O–H groups in total. The fourth-order valence-electron chi connectivity index (χ4n) is 4.33. The van der Waals surface area contributed by atoms with Crippen molar-refractivity contribution in [2.75, 3.05) is 31.1 Å². The van der Waals surface area contributed by atoms with Crippen molar-refractivity contribution in [1.29, 1.82) is 0 Å². The molecule has 1 amide bonds. The first-order chi connectivity index (χ1) is 10.7. The van der Waals surface area contributed by atoms with Crippen LogP contribution in [0.2, 0.25) is 0 Å². The summed E-state index contributed by atoms with van der Waals surface area (Å²) in [5, 5.41) is 3.29. The average Bonchev–Trinajstić information content (AvgIpc) is 3.12. The Labute approximate surface area is 133 Å². The third-order valence-corrected chi connectivity index (χ3v) is 6.41. The lowest BCUT2D eigenvalue weighted by Gasteiger charge is -2.49. The molecule has 5 heterocycles. The van der Waals surface area contributed by atoms with Gasteiger partial charge in [0.15, 0.2) is 0 Å². The molecule has 0 aliphatic carbocycles. The second kappa shape index (κ2) is 4.46. The number of nitrogens with zero attached hydrogens (tertiary/aromatic N) is 2. The number of piperidine rings is 3. The summed E-state index contributed by atoms with van der Waals surface area (Å²) in [5.41, 5.74) is 0.682. The van der Waals surface area contributed by atoms with Crippen LogP contribution in [-0.4, -0.2) is 42.8 Å². The molecule has 114 valence electrons. The molecule has 4 nitrogen and oxygen atoms in total. The Kier molecular flexibility index (Phi) is 2.62. The normalized spacial score (nSPS) is 33.8. The van der Waals surface area contributed by atoms with Gasteiger partial charge in [0.2, 0.25) is 0 Å². The van der Waals surface area contributed by atoms with E-state index in [9.17, 15) is 4.79 Å². The van der Waals surface area contributed by atoms with Crippen LogP contribution in [0.4, 0.5) is 10.5 Å². The lowest BCUT2D eigenvalue weighted by Crippen LogP contribution is -2.61. The highest BCUT2D eigenvalue weighted by molar-refractivity contribution is 7.17. The Balaban J connectivity index is 1.49. The molecule has 0 unspecified atom stereocenters. The molecule has 0 saturated carbocycles. The van der Waals surface area contributed by atoms with Crippen LogP contribution < -0.4 is 4.90 Å². The number of amides is 1. The predicted octanol–water partition coefficient (Wildman–Crippen LogP) is 3.32. The number of thiophene rings is 1. The second-order valence-electron chi connectivity index (χ2n) is 6.71. The van der Waals surface area contributed by atoms with Gasteiger partial charge in [0.1, 0.15) is 5.60 Å². The summed E-state index contributed by atoms with van der Waals surface area (Å²) in [6.45, 7) is 3.92. The summed E-state index contributed by atoms with van der Waals surface area (Å²) < 4.78 is 7.19. The molecule has 6 rings (SSSR count). The minimum Gasteiger partial charge on any atom is -0.439 e. The van der Waals surface area contributed by atoms with Crippen LogP contribution in [0.1, 0.15) is 12.8 Å². The van der Waals surface area contributed by atoms with E-state index in [4.69, 9.17) is 4.74 Å². The van der Waals surface area contributed by atoms with E-state index >= 15 is 0 Å². The molecule has 4 saturated heterocycles. The number of fused-ring (bicyclic) bond motifs is 3. The Morgan fingerprint density at radius 2 is 2.05 bits per heavy atom. The third kappa shape index (κ3) is 1.75. The maximum atomic E-state index is 12.5. The molecular formula is C17H18N2O2S. The highest BCUT2D eigenvalue weighted by atomic mass is 32.1. The van der Waals surface area contributed by atoms with Crippen molar-refractivity contribution in [2.45, 2.75) is 18.4 Å². The molecule has 2 aromatic rings. The minimum absolute atomic E-state index is 0.177. The molecule has 22 heavy (non-hydrogen) atoms. The van der Waals surface area contributed by atoms with Gasteiger partial charge in [0.25, 0.3) is 0 Å². The highest BCUT2D eigenvalue weighted by Crippen LogP contribution is 2.43. The molecule has 0 radical (unpaired) electrons. The fraction of sp³-hybridized carbons (Fsp3) is 0.471. The summed E-state index contributed by atoms with van der Waals surface area (Å²) in [7, 11) is 0. The fourth-order valence-corrected chi connectivity index (χ4v) is 5.10. The molecule has 4 aliphatic rings. The van der Waals surface area contributed by atoms with E-state index in [0.717, 1.165) is 38.2 Å². The maximum absolute atomic E-state index is 12.5. The topological polar surface area (TPSA) is 32.8 Å². The van der Waals surface area contributed by atoms with Gasteiger partial charge in [-0.15, -0.1) is 11.3 Å². The van der Waals surface area contributed by atoms with Crippen molar-refractivity contribution in [1.82, 2.24) is 4.90 Å². The van der Waals surface area contributed by atoms with Crippen molar-refractivity contribution in [2.24, 2.45) is 5.92 Å². The first-order valence-electron chi connectivity index (χ1n) is 7.94. The van der Waals surface area contributed by atoms with E-state index in [1.54, 1.807) is 11.3 Å². The van der Waals surface area contributed by atoms with E-state index in [1.807, 2.05) is 11.0 Å². The van der Waals surface area contributed by atoms with E-state index in [-0.39, 0.29) is 11.7 Å². The van der Waals surface area contributed by atoms with Crippen LogP contribution in [0.3, 0.4) is 0 Å². The molecule has 5 heteroatoms. The lowest BCUT2D eigenvalue weighted by molar-refractivity contribution is -0.0881. The first kappa shape index (κ1) is 12.9. The summed E-state index contributed by atoms with van der Waals surface area (Å²) >= 11 is 1.73. The van der Waals surface area contributed by atoms with Gasteiger partial charge in [-0.3, -0.25) is 9.80 Å². The van der Waals surface area contributed by atoms with Crippen LogP contribution >= 0.6 is 11.3 Å². The zero-order chi connectivity index (χ0) is 14.7. The summed E-state index contributed by atoms with van der Waals surface area (Å²) in [6, 6.07) is 8.35. The Hall–Kier alpha value is -1.59. The van der Waals surface area contributed by atoms with Gasteiger partial charge < -0.3 is 4.74 Å².